The molecular weight excluding hydrogens is 388 g/mol. The highest BCUT2D eigenvalue weighted by Crippen LogP contribution is 2.32. The molecule has 4 nitrogen and oxygen atoms in total. The maximum Gasteiger partial charge on any atom is 0.340 e. The van der Waals surface area contributed by atoms with Crippen LogP contribution >= 0.6 is 0 Å². The van der Waals surface area contributed by atoms with Crippen LogP contribution in [0.1, 0.15) is 39.5 Å². The predicted molar refractivity (Wildman–Crippen MR) is 122 cm³/mol. The second-order valence-corrected chi connectivity index (χ2v) is 7.78. The van der Waals surface area contributed by atoms with Crippen molar-refractivity contribution in [1.82, 2.24) is 0 Å². The summed E-state index contributed by atoms with van der Waals surface area (Å²) in [6.07, 6.45) is -0.215. The Morgan fingerprint density at radius 2 is 1.61 bits per heavy atom. The minimum atomic E-state index is -0.684. The van der Waals surface area contributed by atoms with Gasteiger partial charge in [-0.2, -0.15) is 0 Å². The molecule has 156 valence electrons. The minimum Gasteiger partial charge on any atom is -0.482 e. The van der Waals surface area contributed by atoms with Crippen LogP contribution in [0.15, 0.2) is 82.0 Å². The van der Waals surface area contributed by atoms with Gasteiger partial charge >= 0.3 is 5.63 Å². The number of Topliss-reactive ketones (excluding diaryl/α,β-unsaturated/α-hetero) is 1. The molecule has 1 atom stereocenters. The molecule has 4 aromatic rings. The maximum atomic E-state index is 12.8. The molecule has 0 radical (unpaired) electrons. The molecule has 3 aromatic carbocycles. The van der Waals surface area contributed by atoms with E-state index < -0.39 is 6.10 Å². The van der Waals surface area contributed by atoms with Crippen LogP contribution in [0.2, 0.25) is 0 Å². The fraction of sp³-hybridized carbons (Fsp3) is 0.185. The summed E-state index contributed by atoms with van der Waals surface area (Å²) in [5.74, 6) is 0.442. The smallest absolute Gasteiger partial charge is 0.340 e. The van der Waals surface area contributed by atoms with Gasteiger partial charge in [0.25, 0.3) is 0 Å². The van der Waals surface area contributed by atoms with E-state index in [-0.39, 0.29) is 11.4 Å². The third-order valence-corrected chi connectivity index (χ3v) is 5.44. The molecule has 4 heteroatoms. The first-order valence-electron chi connectivity index (χ1n) is 10.3. The Balaban J connectivity index is 1.77. The van der Waals surface area contributed by atoms with E-state index >= 15 is 0 Å². The Labute approximate surface area is 181 Å². The lowest BCUT2D eigenvalue weighted by atomic mass is 9.98. The Morgan fingerprint density at radius 3 is 2.29 bits per heavy atom. The van der Waals surface area contributed by atoms with Crippen LogP contribution in [-0.2, 0) is 6.42 Å². The van der Waals surface area contributed by atoms with E-state index in [9.17, 15) is 9.59 Å². The molecule has 0 aliphatic carbocycles. The SMILES string of the molecule is Cc1cc(OC(C)C(=O)c2ccccc2)c2c(C)c(Cc3ccccc3)c(=O)oc2c1. The van der Waals surface area contributed by atoms with Gasteiger partial charge in [-0.05, 0) is 49.6 Å². The summed E-state index contributed by atoms with van der Waals surface area (Å²) in [6.45, 7) is 5.55. The molecule has 0 fully saturated rings. The van der Waals surface area contributed by atoms with E-state index in [2.05, 4.69) is 0 Å². The number of hydrogen-bond acceptors (Lipinski definition) is 4. The molecule has 0 aliphatic rings. The molecule has 4 rings (SSSR count). The summed E-state index contributed by atoms with van der Waals surface area (Å²) in [7, 11) is 0. The topological polar surface area (TPSA) is 56.5 Å². The summed E-state index contributed by atoms with van der Waals surface area (Å²) >= 11 is 0. The zero-order valence-corrected chi connectivity index (χ0v) is 17.8. The van der Waals surface area contributed by atoms with Crippen molar-refractivity contribution in [3.05, 3.63) is 111 Å². The molecule has 0 spiro atoms. The van der Waals surface area contributed by atoms with E-state index in [1.165, 1.54) is 0 Å². The zero-order chi connectivity index (χ0) is 22.0. The minimum absolute atomic E-state index is 0.102. The number of ether oxygens (including phenoxy) is 1. The molecule has 0 saturated heterocycles. The quantitative estimate of drug-likeness (QED) is 0.303. The van der Waals surface area contributed by atoms with Crippen LogP contribution in [0.25, 0.3) is 11.0 Å². The number of fused-ring (bicyclic) bond motifs is 1. The Kier molecular flexibility index (Phi) is 5.72. The van der Waals surface area contributed by atoms with Crippen molar-refractivity contribution in [3.8, 4) is 5.75 Å². The fourth-order valence-corrected chi connectivity index (χ4v) is 3.82. The molecule has 0 aliphatic heterocycles. The summed E-state index contributed by atoms with van der Waals surface area (Å²) in [5.41, 5.74) is 4.03. The number of benzene rings is 3. The van der Waals surface area contributed by atoms with Crippen LogP contribution in [0.5, 0.6) is 5.75 Å². The van der Waals surface area contributed by atoms with Gasteiger partial charge in [-0.1, -0.05) is 60.7 Å². The summed E-state index contributed by atoms with van der Waals surface area (Å²) < 4.78 is 11.8. The van der Waals surface area contributed by atoms with Gasteiger partial charge in [0.2, 0.25) is 5.78 Å². The predicted octanol–water partition coefficient (Wildman–Crippen LogP) is 5.65. The summed E-state index contributed by atoms with van der Waals surface area (Å²) in [4.78, 5) is 25.6. The monoisotopic (exact) mass is 412 g/mol. The van der Waals surface area contributed by atoms with Crippen LogP contribution in [0.3, 0.4) is 0 Å². The molecule has 1 aromatic heterocycles. The van der Waals surface area contributed by atoms with E-state index in [4.69, 9.17) is 9.15 Å². The zero-order valence-electron chi connectivity index (χ0n) is 17.8. The van der Waals surface area contributed by atoms with Gasteiger partial charge in [0.1, 0.15) is 11.3 Å². The maximum absolute atomic E-state index is 12.8. The van der Waals surface area contributed by atoms with Gasteiger partial charge in [-0.3, -0.25) is 4.79 Å². The highest BCUT2D eigenvalue weighted by molar-refractivity contribution is 5.99. The van der Waals surface area contributed by atoms with Gasteiger partial charge < -0.3 is 9.15 Å². The van der Waals surface area contributed by atoms with Crippen molar-refractivity contribution in [3.63, 3.8) is 0 Å². The lowest BCUT2D eigenvalue weighted by molar-refractivity contribution is 0.0820. The van der Waals surface area contributed by atoms with Crippen LogP contribution < -0.4 is 10.4 Å². The Bertz CT molecular complexity index is 1290. The number of aryl methyl sites for hydroxylation is 2. The molecular formula is C27H24O4. The number of hydrogen-bond donors (Lipinski definition) is 0. The van der Waals surface area contributed by atoms with E-state index in [1.807, 2.05) is 74.5 Å². The van der Waals surface area contributed by atoms with Gasteiger partial charge in [0.05, 0.1) is 5.39 Å². The Hall–Kier alpha value is -3.66. The van der Waals surface area contributed by atoms with E-state index in [0.717, 1.165) is 22.1 Å². The van der Waals surface area contributed by atoms with Crippen LogP contribution in [0.4, 0.5) is 0 Å². The van der Waals surface area contributed by atoms with Crippen LogP contribution in [0, 0.1) is 13.8 Å². The summed E-state index contributed by atoms with van der Waals surface area (Å²) in [5, 5.41) is 0.726. The molecule has 0 bridgehead atoms. The average Bonchev–Trinajstić information content (AvgIpc) is 2.77. The number of carbonyl (C=O) groups excluding carboxylic acids is 1. The van der Waals surface area contributed by atoms with Crippen molar-refractivity contribution in [2.75, 3.05) is 0 Å². The van der Waals surface area contributed by atoms with Gasteiger partial charge in [-0.15, -0.1) is 0 Å². The first-order chi connectivity index (χ1) is 14.9. The Morgan fingerprint density at radius 1 is 0.968 bits per heavy atom. The highest BCUT2D eigenvalue weighted by atomic mass is 16.5. The second kappa shape index (κ2) is 8.60. The van der Waals surface area contributed by atoms with Gasteiger partial charge in [0.15, 0.2) is 6.10 Å². The van der Waals surface area contributed by atoms with Crippen molar-refractivity contribution < 1.29 is 13.9 Å². The van der Waals surface area contributed by atoms with Crippen molar-refractivity contribution in [1.29, 1.82) is 0 Å². The number of ketones is 1. The van der Waals surface area contributed by atoms with Crippen molar-refractivity contribution in [2.45, 2.75) is 33.3 Å². The highest BCUT2D eigenvalue weighted by Gasteiger charge is 2.21. The second-order valence-electron chi connectivity index (χ2n) is 7.78. The average molecular weight is 412 g/mol. The molecule has 1 unspecified atom stereocenters. The van der Waals surface area contributed by atoms with E-state index in [1.54, 1.807) is 19.1 Å². The molecule has 1 heterocycles. The number of carbonyl (C=O) groups is 1. The standard InChI is InChI=1S/C27H24O4/c1-17-14-23(30-19(3)26(28)21-12-8-5-9-13-21)25-18(2)22(27(29)31-24(25)15-17)16-20-10-6-4-7-11-20/h4-15,19H,16H2,1-3H3. The third kappa shape index (κ3) is 4.29. The molecule has 0 N–H and O–H groups in total. The molecule has 31 heavy (non-hydrogen) atoms. The van der Waals surface area contributed by atoms with Gasteiger partial charge in [0, 0.05) is 17.5 Å². The first kappa shape index (κ1) is 20.6. The normalized spacial score (nSPS) is 12.0. The molecule has 0 amide bonds. The largest absolute Gasteiger partial charge is 0.482 e. The van der Waals surface area contributed by atoms with Crippen molar-refractivity contribution >= 4 is 16.8 Å². The lowest BCUT2D eigenvalue weighted by Gasteiger charge is -2.18. The van der Waals surface area contributed by atoms with Crippen LogP contribution in [-0.4, -0.2) is 11.9 Å². The lowest BCUT2D eigenvalue weighted by Crippen LogP contribution is -2.24. The van der Waals surface area contributed by atoms with E-state index in [0.29, 0.717) is 28.9 Å². The van der Waals surface area contributed by atoms with Crippen molar-refractivity contribution in [2.24, 2.45) is 0 Å². The first-order valence-corrected chi connectivity index (χ1v) is 10.3. The van der Waals surface area contributed by atoms with Gasteiger partial charge in [-0.25, -0.2) is 4.79 Å². The fourth-order valence-electron chi connectivity index (χ4n) is 3.82. The number of rotatable bonds is 6. The third-order valence-electron chi connectivity index (χ3n) is 5.44. The summed E-state index contributed by atoms with van der Waals surface area (Å²) in [6, 6.07) is 22.6. The molecule has 0 saturated carbocycles.